The molecule has 0 aliphatic carbocycles. The Morgan fingerprint density at radius 3 is 2.90 bits per heavy atom. The van der Waals surface area contributed by atoms with Crippen molar-refractivity contribution >= 4 is 11.8 Å². The number of hydrogen-bond acceptors (Lipinski definition) is 5. The van der Waals surface area contributed by atoms with Crippen LogP contribution in [0.1, 0.15) is 11.1 Å². The van der Waals surface area contributed by atoms with E-state index in [9.17, 15) is 9.59 Å². The number of carbonyl (C=O) groups is 2. The maximum absolute atomic E-state index is 12.0. The van der Waals surface area contributed by atoms with Crippen LogP contribution >= 0.6 is 0 Å². The smallest absolute Gasteiger partial charge is 0.311 e. The van der Waals surface area contributed by atoms with Crippen molar-refractivity contribution in [3.05, 3.63) is 29.3 Å². The third kappa shape index (κ3) is 3.14. The average molecular weight is 291 g/mol. The summed E-state index contributed by atoms with van der Waals surface area (Å²) in [4.78, 5) is 35.2. The number of fused-ring (bicyclic) bond motifs is 1. The average Bonchev–Trinajstić information content (AvgIpc) is 3.00. The minimum absolute atomic E-state index is 0.309. The zero-order valence-corrected chi connectivity index (χ0v) is 11.6. The van der Waals surface area contributed by atoms with Crippen molar-refractivity contribution in [3.8, 4) is 5.75 Å². The van der Waals surface area contributed by atoms with E-state index in [0.717, 1.165) is 24.2 Å². The number of nitrogens with zero attached hydrogens (tertiary/aromatic N) is 1. The standard InChI is InChI=1S/C14H17N3O4/c18-13(14(19)17-5-3-15-4-6-17)16-8-10-1-2-12-11(7-10)9-20-21-12/h1-2,7,15H,3-6,8-9H2,(H,16,18). The van der Waals surface area contributed by atoms with E-state index >= 15 is 0 Å². The van der Waals surface area contributed by atoms with Gasteiger partial charge in [-0.1, -0.05) is 6.07 Å². The van der Waals surface area contributed by atoms with Crippen LogP contribution in [0, 0.1) is 0 Å². The third-order valence-electron chi connectivity index (χ3n) is 3.54. The number of rotatable bonds is 2. The zero-order chi connectivity index (χ0) is 14.7. The first-order valence-electron chi connectivity index (χ1n) is 6.93. The van der Waals surface area contributed by atoms with Gasteiger partial charge in [0.05, 0.1) is 0 Å². The Bertz CT molecular complexity index is 555. The fraction of sp³-hybridized carbons (Fsp3) is 0.429. The third-order valence-corrected chi connectivity index (χ3v) is 3.54. The molecule has 0 spiro atoms. The van der Waals surface area contributed by atoms with Gasteiger partial charge in [0.25, 0.3) is 0 Å². The highest BCUT2D eigenvalue weighted by molar-refractivity contribution is 6.34. The molecule has 0 saturated carbocycles. The summed E-state index contributed by atoms with van der Waals surface area (Å²) >= 11 is 0. The highest BCUT2D eigenvalue weighted by atomic mass is 17.2. The second kappa shape index (κ2) is 6.11. The van der Waals surface area contributed by atoms with Crippen LogP contribution in [0.2, 0.25) is 0 Å². The van der Waals surface area contributed by atoms with Gasteiger partial charge >= 0.3 is 11.8 Å². The van der Waals surface area contributed by atoms with E-state index in [1.807, 2.05) is 12.1 Å². The maximum atomic E-state index is 12.0. The first kappa shape index (κ1) is 13.8. The van der Waals surface area contributed by atoms with Crippen LogP contribution in [-0.2, 0) is 27.6 Å². The van der Waals surface area contributed by atoms with Gasteiger partial charge in [0.1, 0.15) is 6.61 Å². The Morgan fingerprint density at radius 1 is 1.29 bits per heavy atom. The summed E-state index contributed by atoms with van der Waals surface area (Å²) in [7, 11) is 0. The largest absolute Gasteiger partial charge is 0.344 e. The molecule has 2 aliphatic rings. The van der Waals surface area contributed by atoms with Gasteiger partial charge in [-0.2, -0.15) is 4.89 Å². The molecule has 1 saturated heterocycles. The summed E-state index contributed by atoms with van der Waals surface area (Å²) in [5.41, 5.74) is 1.85. The van der Waals surface area contributed by atoms with Gasteiger partial charge in [0, 0.05) is 38.3 Å². The molecule has 2 N–H and O–H groups in total. The minimum atomic E-state index is -0.565. The zero-order valence-electron chi connectivity index (χ0n) is 11.6. The molecule has 2 amide bonds. The molecule has 2 aliphatic heterocycles. The molecule has 0 bridgehead atoms. The summed E-state index contributed by atoms with van der Waals surface area (Å²) < 4.78 is 0. The fourth-order valence-electron chi connectivity index (χ4n) is 2.36. The normalized spacial score (nSPS) is 17.0. The monoisotopic (exact) mass is 291 g/mol. The Kier molecular flexibility index (Phi) is 4.03. The molecule has 1 aromatic rings. The van der Waals surface area contributed by atoms with Gasteiger partial charge in [0.15, 0.2) is 5.75 Å². The summed E-state index contributed by atoms with van der Waals surface area (Å²) in [5, 5.41) is 5.80. The Labute approximate surface area is 122 Å². The predicted octanol–water partition coefficient (Wildman–Crippen LogP) is -0.441. The Morgan fingerprint density at radius 2 is 2.10 bits per heavy atom. The van der Waals surface area contributed by atoms with Gasteiger partial charge in [-0.3, -0.25) is 9.59 Å². The van der Waals surface area contributed by atoms with E-state index in [1.54, 1.807) is 11.0 Å². The molecule has 7 heteroatoms. The molecule has 0 unspecified atom stereocenters. The number of amides is 2. The van der Waals surface area contributed by atoms with Crippen LogP contribution in [0.5, 0.6) is 5.75 Å². The lowest BCUT2D eigenvalue weighted by Crippen LogP contribution is -2.51. The lowest BCUT2D eigenvalue weighted by molar-refractivity contribution is -0.194. The Hall–Kier alpha value is -2.12. The van der Waals surface area contributed by atoms with Crippen molar-refractivity contribution in [2.24, 2.45) is 0 Å². The molecule has 0 radical (unpaired) electrons. The summed E-state index contributed by atoms with van der Waals surface area (Å²) in [6.07, 6.45) is 0. The van der Waals surface area contributed by atoms with Gasteiger partial charge in [0.2, 0.25) is 0 Å². The van der Waals surface area contributed by atoms with E-state index in [2.05, 4.69) is 10.6 Å². The highest BCUT2D eigenvalue weighted by Gasteiger charge is 2.23. The van der Waals surface area contributed by atoms with Crippen LogP contribution in [-0.4, -0.2) is 42.9 Å². The molecular weight excluding hydrogens is 274 g/mol. The molecule has 1 fully saturated rings. The second-order valence-electron chi connectivity index (χ2n) is 5.01. The summed E-state index contributed by atoms with van der Waals surface area (Å²) in [6, 6.07) is 5.53. The fourth-order valence-corrected chi connectivity index (χ4v) is 2.36. The van der Waals surface area contributed by atoms with Gasteiger partial charge in [-0.05, 0) is 17.7 Å². The van der Waals surface area contributed by atoms with Crippen LogP contribution in [0.3, 0.4) is 0 Å². The maximum Gasteiger partial charge on any atom is 0.311 e. The molecule has 0 aromatic heterocycles. The number of benzene rings is 1. The summed E-state index contributed by atoms with van der Waals surface area (Å²) in [5.74, 6) is -0.337. The number of carbonyl (C=O) groups excluding carboxylic acids is 2. The first-order valence-corrected chi connectivity index (χ1v) is 6.93. The van der Waals surface area contributed by atoms with E-state index in [4.69, 9.17) is 9.78 Å². The summed E-state index contributed by atoms with van der Waals surface area (Å²) in [6.45, 7) is 3.30. The van der Waals surface area contributed by atoms with Crippen LogP contribution in [0.15, 0.2) is 18.2 Å². The van der Waals surface area contributed by atoms with Crippen molar-refractivity contribution in [2.45, 2.75) is 13.2 Å². The minimum Gasteiger partial charge on any atom is -0.344 e. The quantitative estimate of drug-likeness (QED) is 0.570. The molecule has 21 heavy (non-hydrogen) atoms. The SMILES string of the molecule is O=C(NCc1ccc2c(c1)COO2)C(=O)N1CCNCC1. The van der Waals surface area contributed by atoms with Crippen molar-refractivity contribution < 1.29 is 19.4 Å². The predicted molar refractivity (Wildman–Crippen MR) is 73.2 cm³/mol. The lowest BCUT2D eigenvalue weighted by Gasteiger charge is -2.26. The van der Waals surface area contributed by atoms with Gasteiger partial charge in [-0.15, -0.1) is 0 Å². The molecule has 0 atom stereocenters. The molecular formula is C14H17N3O4. The number of hydrogen-bond donors (Lipinski definition) is 2. The topological polar surface area (TPSA) is 79.9 Å². The lowest BCUT2D eigenvalue weighted by atomic mass is 10.1. The molecule has 1 aromatic carbocycles. The van der Waals surface area contributed by atoms with Crippen molar-refractivity contribution in [1.29, 1.82) is 0 Å². The van der Waals surface area contributed by atoms with Crippen LogP contribution in [0.25, 0.3) is 0 Å². The highest BCUT2D eigenvalue weighted by Crippen LogP contribution is 2.26. The number of nitrogens with one attached hydrogen (secondary N) is 2. The van der Waals surface area contributed by atoms with E-state index in [-0.39, 0.29) is 0 Å². The van der Waals surface area contributed by atoms with E-state index < -0.39 is 11.8 Å². The van der Waals surface area contributed by atoms with Gasteiger partial charge < -0.3 is 20.4 Å². The van der Waals surface area contributed by atoms with Crippen LogP contribution < -0.4 is 15.5 Å². The van der Waals surface area contributed by atoms with E-state index in [1.165, 1.54) is 0 Å². The van der Waals surface area contributed by atoms with Gasteiger partial charge in [-0.25, -0.2) is 0 Å². The Balaban J connectivity index is 1.54. The van der Waals surface area contributed by atoms with Crippen LogP contribution in [0.4, 0.5) is 0 Å². The van der Waals surface area contributed by atoms with E-state index in [0.29, 0.717) is 32.0 Å². The second-order valence-corrected chi connectivity index (χ2v) is 5.01. The molecule has 112 valence electrons. The molecule has 2 heterocycles. The first-order chi connectivity index (χ1) is 10.2. The molecule has 7 nitrogen and oxygen atoms in total. The number of piperazine rings is 1. The van der Waals surface area contributed by atoms with Crippen molar-refractivity contribution in [3.63, 3.8) is 0 Å². The van der Waals surface area contributed by atoms with Crippen molar-refractivity contribution in [1.82, 2.24) is 15.5 Å². The molecule has 3 rings (SSSR count). The van der Waals surface area contributed by atoms with Crippen molar-refractivity contribution in [2.75, 3.05) is 26.2 Å².